The summed E-state index contributed by atoms with van der Waals surface area (Å²) in [4.78, 5) is 12.9. The number of amides is 1. The summed E-state index contributed by atoms with van der Waals surface area (Å²) >= 11 is 0. The topological polar surface area (TPSA) is 96.5 Å². The van der Waals surface area contributed by atoms with E-state index in [0.717, 1.165) is 5.56 Å². The Kier molecular flexibility index (Phi) is 8.21. The molecular weight excluding hydrogens is 471 g/mol. The summed E-state index contributed by atoms with van der Waals surface area (Å²) in [6.07, 6.45) is -2.74. The number of hydrogen-bond donors (Lipinski definition) is 3. The smallest absolute Gasteiger partial charge is 0.402 e. The Hall–Kier alpha value is -2.63. The van der Waals surface area contributed by atoms with E-state index in [1.807, 2.05) is 30.3 Å². The van der Waals surface area contributed by atoms with Crippen LogP contribution in [0, 0.1) is 0 Å². The van der Waals surface area contributed by atoms with Crippen molar-refractivity contribution in [3.8, 4) is 5.75 Å². The second-order valence-electron chi connectivity index (χ2n) is 8.36. The monoisotopic (exact) mass is 499 g/mol. The van der Waals surface area contributed by atoms with Crippen molar-refractivity contribution in [3.63, 3.8) is 0 Å². The third kappa shape index (κ3) is 6.94. The van der Waals surface area contributed by atoms with Crippen LogP contribution in [0.2, 0.25) is 0 Å². The number of para-hydroxylation sites is 1. The van der Waals surface area contributed by atoms with Crippen molar-refractivity contribution in [3.05, 3.63) is 65.7 Å². The molecular formula is C23H28F3N3O4S. The maximum atomic E-state index is 12.9. The Labute approximate surface area is 197 Å². The highest BCUT2D eigenvalue weighted by Gasteiger charge is 2.39. The highest BCUT2D eigenvalue weighted by Crippen LogP contribution is 2.39. The largest absolute Gasteiger partial charge is 0.496 e. The fourth-order valence-corrected chi connectivity index (χ4v) is 5.37. The average Bonchev–Trinajstić information content (AvgIpc) is 2.82. The molecule has 1 aliphatic carbocycles. The van der Waals surface area contributed by atoms with Crippen molar-refractivity contribution in [2.75, 3.05) is 20.2 Å². The van der Waals surface area contributed by atoms with Gasteiger partial charge in [0.15, 0.2) is 0 Å². The fourth-order valence-electron chi connectivity index (χ4n) is 4.26. The molecule has 1 fully saturated rings. The number of rotatable bonds is 9. The molecule has 3 rings (SSSR count). The lowest BCUT2D eigenvalue weighted by Gasteiger charge is -2.41. The van der Waals surface area contributed by atoms with Crippen LogP contribution in [0.3, 0.4) is 0 Å². The van der Waals surface area contributed by atoms with Crippen molar-refractivity contribution in [1.82, 2.24) is 14.8 Å². The number of benzene rings is 2. The normalized spacial score (nSPS) is 21.1. The van der Waals surface area contributed by atoms with Gasteiger partial charge in [0.25, 0.3) is 16.1 Å². The van der Waals surface area contributed by atoms with Gasteiger partial charge in [0.2, 0.25) is 0 Å². The van der Waals surface area contributed by atoms with Crippen LogP contribution in [0.4, 0.5) is 13.2 Å². The lowest BCUT2D eigenvalue weighted by molar-refractivity contribution is -0.121. The molecule has 186 valence electrons. The molecule has 0 unspecified atom stereocenters. The Bertz CT molecular complexity index is 1070. The number of carbonyl (C=O) groups excluding carboxylic acids is 1. The van der Waals surface area contributed by atoms with E-state index in [0.29, 0.717) is 43.5 Å². The molecule has 0 heterocycles. The number of halogens is 3. The zero-order valence-corrected chi connectivity index (χ0v) is 19.5. The molecule has 34 heavy (non-hydrogen) atoms. The van der Waals surface area contributed by atoms with Gasteiger partial charge in [-0.3, -0.25) is 4.79 Å². The van der Waals surface area contributed by atoms with Crippen LogP contribution < -0.4 is 19.5 Å². The first-order chi connectivity index (χ1) is 16.0. The summed E-state index contributed by atoms with van der Waals surface area (Å²) in [5.74, 6) is 0.171. The summed E-state index contributed by atoms with van der Waals surface area (Å²) in [5, 5.41) is 2.99. The number of ether oxygens (including phenoxy) is 1. The lowest BCUT2D eigenvalue weighted by atomic mass is 9.68. The molecule has 0 aromatic heterocycles. The predicted molar refractivity (Wildman–Crippen MR) is 122 cm³/mol. The molecule has 0 spiro atoms. The van der Waals surface area contributed by atoms with E-state index in [-0.39, 0.29) is 5.91 Å². The van der Waals surface area contributed by atoms with Gasteiger partial charge < -0.3 is 10.1 Å². The van der Waals surface area contributed by atoms with Gasteiger partial charge >= 0.3 is 6.18 Å². The van der Waals surface area contributed by atoms with Crippen LogP contribution in [0.5, 0.6) is 5.75 Å². The molecule has 11 heteroatoms. The van der Waals surface area contributed by atoms with Gasteiger partial charge in [-0.15, -0.1) is 0 Å². The molecule has 1 aliphatic rings. The lowest BCUT2D eigenvalue weighted by Crippen LogP contribution is -2.50. The Morgan fingerprint density at radius 1 is 1.06 bits per heavy atom. The van der Waals surface area contributed by atoms with Gasteiger partial charge in [-0.25, -0.2) is 0 Å². The molecule has 3 N–H and O–H groups in total. The van der Waals surface area contributed by atoms with E-state index in [4.69, 9.17) is 4.74 Å². The summed E-state index contributed by atoms with van der Waals surface area (Å²) in [6.45, 7) is -1.31. The van der Waals surface area contributed by atoms with Gasteiger partial charge in [-0.2, -0.15) is 31.0 Å². The van der Waals surface area contributed by atoms with Crippen LogP contribution in [0.1, 0.15) is 41.6 Å². The van der Waals surface area contributed by atoms with E-state index >= 15 is 0 Å². The number of carbonyl (C=O) groups is 1. The minimum Gasteiger partial charge on any atom is -0.496 e. The summed E-state index contributed by atoms with van der Waals surface area (Å²) in [5.41, 5.74) is 0.970. The molecule has 0 atom stereocenters. The quantitative estimate of drug-likeness (QED) is 0.493. The summed E-state index contributed by atoms with van der Waals surface area (Å²) in [6, 6.07) is 16.0. The second-order valence-corrected chi connectivity index (χ2v) is 9.89. The minimum absolute atomic E-state index is 0.285. The van der Waals surface area contributed by atoms with Crippen LogP contribution in [0.15, 0.2) is 54.6 Å². The zero-order valence-electron chi connectivity index (χ0n) is 18.7. The molecule has 0 saturated heterocycles. The Balaban J connectivity index is 1.69. The SMILES string of the molecule is COc1ccccc1C(=O)NC[C@]1(c2ccccc2)CC[C@H](NS(=O)(=O)NCC(F)(F)F)CC1. The van der Waals surface area contributed by atoms with Gasteiger partial charge in [0.05, 0.1) is 12.7 Å². The van der Waals surface area contributed by atoms with Crippen molar-refractivity contribution in [2.45, 2.75) is 43.3 Å². The van der Waals surface area contributed by atoms with Crippen molar-refractivity contribution < 1.29 is 31.1 Å². The van der Waals surface area contributed by atoms with Gasteiger partial charge in [-0.1, -0.05) is 42.5 Å². The number of hydrogen-bond acceptors (Lipinski definition) is 4. The number of methoxy groups -OCH3 is 1. The highest BCUT2D eigenvalue weighted by molar-refractivity contribution is 7.87. The average molecular weight is 500 g/mol. The van der Waals surface area contributed by atoms with E-state index < -0.39 is 34.4 Å². The predicted octanol–water partition coefficient (Wildman–Crippen LogP) is 3.29. The minimum atomic E-state index is -4.64. The van der Waals surface area contributed by atoms with E-state index in [9.17, 15) is 26.4 Å². The first-order valence-corrected chi connectivity index (χ1v) is 12.3. The Morgan fingerprint density at radius 2 is 1.68 bits per heavy atom. The zero-order chi connectivity index (χ0) is 24.8. The van der Waals surface area contributed by atoms with E-state index in [2.05, 4.69) is 10.0 Å². The third-order valence-electron chi connectivity index (χ3n) is 6.05. The van der Waals surface area contributed by atoms with Crippen molar-refractivity contribution in [2.24, 2.45) is 0 Å². The summed E-state index contributed by atoms with van der Waals surface area (Å²) < 4.78 is 70.3. The molecule has 0 aliphatic heterocycles. The highest BCUT2D eigenvalue weighted by atomic mass is 32.2. The van der Waals surface area contributed by atoms with Crippen LogP contribution in [-0.4, -0.2) is 46.7 Å². The Morgan fingerprint density at radius 3 is 2.29 bits per heavy atom. The van der Waals surface area contributed by atoms with Crippen molar-refractivity contribution >= 4 is 16.1 Å². The third-order valence-corrected chi connectivity index (χ3v) is 7.22. The second kappa shape index (κ2) is 10.7. The molecule has 2 aromatic rings. The first-order valence-electron chi connectivity index (χ1n) is 10.8. The number of nitrogens with one attached hydrogen (secondary N) is 3. The molecule has 7 nitrogen and oxygen atoms in total. The van der Waals surface area contributed by atoms with Gasteiger partial charge in [0, 0.05) is 18.0 Å². The van der Waals surface area contributed by atoms with Crippen LogP contribution in [-0.2, 0) is 15.6 Å². The van der Waals surface area contributed by atoms with Crippen LogP contribution >= 0.6 is 0 Å². The maximum absolute atomic E-state index is 12.9. The summed E-state index contributed by atoms with van der Waals surface area (Å²) in [7, 11) is -2.80. The number of alkyl halides is 3. The van der Waals surface area contributed by atoms with E-state index in [1.165, 1.54) is 11.8 Å². The molecule has 1 saturated carbocycles. The van der Waals surface area contributed by atoms with Crippen molar-refractivity contribution in [1.29, 1.82) is 0 Å². The molecule has 1 amide bonds. The van der Waals surface area contributed by atoms with E-state index in [1.54, 1.807) is 24.3 Å². The van der Waals surface area contributed by atoms with Crippen LogP contribution in [0.25, 0.3) is 0 Å². The molecule has 2 aromatic carbocycles. The van der Waals surface area contributed by atoms with Gasteiger partial charge in [-0.05, 0) is 43.4 Å². The fraction of sp³-hybridized carbons (Fsp3) is 0.435. The first kappa shape index (κ1) is 26.0. The van der Waals surface area contributed by atoms with Gasteiger partial charge in [0.1, 0.15) is 12.3 Å². The maximum Gasteiger partial charge on any atom is 0.402 e. The molecule has 0 bridgehead atoms. The standard InChI is InChI=1S/C23H28F3N3O4S/c1-33-20-10-6-5-9-19(20)21(30)27-15-22(17-7-3-2-4-8-17)13-11-18(12-14-22)29-34(31,32)28-16-23(24,25)26/h2-10,18,28-29H,11-16H2,1H3,(H,27,30)/t18-,22-. The molecule has 0 radical (unpaired) electrons.